The number of pyridine rings is 1. The lowest BCUT2D eigenvalue weighted by atomic mass is 9.93. The number of aromatic nitrogens is 1. The van der Waals surface area contributed by atoms with Crippen LogP contribution in [0.4, 0.5) is 5.69 Å². The molecule has 0 atom stereocenters. The van der Waals surface area contributed by atoms with Gasteiger partial charge in [0.05, 0.1) is 20.1 Å². The topological polar surface area (TPSA) is 170 Å². The molecule has 0 fully saturated rings. The first-order chi connectivity index (χ1) is 21.7. The fourth-order valence-corrected chi connectivity index (χ4v) is 6.08. The number of carbonyl (C=O) groups excluding carboxylic acids is 3. The minimum absolute atomic E-state index is 0.0196. The highest BCUT2D eigenvalue weighted by molar-refractivity contribution is 7.13. The summed E-state index contributed by atoms with van der Waals surface area (Å²) in [6.45, 7) is 2.96. The van der Waals surface area contributed by atoms with Gasteiger partial charge in [0.2, 0.25) is 0 Å². The van der Waals surface area contributed by atoms with Crippen molar-refractivity contribution in [3.8, 4) is 27.3 Å². The Balaban J connectivity index is 1.68. The second-order valence-electron chi connectivity index (χ2n) is 10.3. The zero-order valence-corrected chi connectivity index (χ0v) is 25.6. The van der Waals surface area contributed by atoms with Crippen molar-refractivity contribution < 1.29 is 33.8 Å². The lowest BCUT2D eigenvalue weighted by molar-refractivity contribution is -0.136. The number of hydrogen-bond donors (Lipinski definition) is 4. The molecule has 2 aromatic heterocycles. The van der Waals surface area contributed by atoms with Gasteiger partial charge in [-0.05, 0) is 64.9 Å². The van der Waals surface area contributed by atoms with Crippen molar-refractivity contribution in [2.45, 2.75) is 32.7 Å². The van der Waals surface area contributed by atoms with Crippen molar-refractivity contribution in [1.82, 2.24) is 10.3 Å². The molecule has 5 N–H and O–H groups in total. The molecular formula is C33H32N4O7S. The van der Waals surface area contributed by atoms with Crippen LogP contribution in [0, 0.1) is 0 Å². The first kappa shape index (κ1) is 31.4. The number of nitrogens with two attached hydrogens (primary N) is 1. The van der Waals surface area contributed by atoms with Gasteiger partial charge in [0.1, 0.15) is 11.4 Å². The van der Waals surface area contributed by atoms with E-state index in [2.05, 4.69) is 15.6 Å². The summed E-state index contributed by atoms with van der Waals surface area (Å²) in [5.41, 5.74) is 9.59. The molecule has 0 bridgehead atoms. The van der Waals surface area contributed by atoms with Crippen molar-refractivity contribution >= 4 is 40.8 Å². The number of carboxylic acids is 1. The molecule has 12 heteroatoms. The van der Waals surface area contributed by atoms with E-state index in [1.807, 2.05) is 18.4 Å². The van der Waals surface area contributed by atoms with Crippen LogP contribution >= 0.6 is 11.3 Å². The van der Waals surface area contributed by atoms with E-state index in [0.29, 0.717) is 53.3 Å². The van der Waals surface area contributed by atoms with Gasteiger partial charge in [-0.1, -0.05) is 19.1 Å². The summed E-state index contributed by atoms with van der Waals surface area (Å²) in [4.78, 5) is 56.8. The Bertz CT molecular complexity index is 1800. The third-order valence-electron chi connectivity index (χ3n) is 7.31. The molecule has 0 unspecified atom stereocenters. The number of aliphatic carboxylic acids is 1. The molecule has 5 rings (SSSR count). The lowest BCUT2D eigenvalue weighted by Crippen LogP contribution is -2.26. The molecule has 4 aromatic rings. The number of carboxylic acid groups (broad SMARTS) is 1. The summed E-state index contributed by atoms with van der Waals surface area (Å²) in [5.74, 6) is -2.34. The number of nitrogens with one attached hydrogen (secondary N) is 2. The number of esters is 1. The van der Waals surface area contributed by atoms with E-state index in [1.165, 1.54) is 24.5 Å². The number of nitrogens with zero attached hydrogens (tertiary/aromatic N) is 1. The van der Waals surface area contributed by atoms with E-state index in [0.717, 1.165) is 16.9 Å². The highest BCUT2D eigenvalue weighted by Gasteiger charge is 2.27. The van der Waals surface area contributed by atoms with Crippen molar-refractivity contribution in [1.29, 1.82) is 0 Å². The van der Waals surface area contributed by atoms with Crippen molar-refractivity contribution in [3.05, 3.63) is 87.6 Å². The molecule has 0 radical (unpaired) electrons. The van der Waals surface area contributed by atoms with Crippen molar-refractivity contribution in [3.63, 3.8) is 0 Å². The van der Waals surface area contributed by atoms with Gasteiger partial charge in [-0.3, -0.25) is 14.4 Å². The van der Waals surface area contributed by atoms with E-state index in [9.17, 15) is 24.3 Å². The summed E-state index contributed by atoms with van der Waals surface area (Å²) < 4.78 is 11.1. The Labute approximate surface area is 263 Å². The molecule has 0 aliphatic carbocycles. The Hall–Kier alpha value is -5.07. The number of methoxy groups -OCH3 is 1. The molecule has 1 aliphatic heterocycles. The SMILES string of the molecule is CCCNC(=O)c1ccc(-c2cc3c(cc2C(=O)Nc2ccc(CN)cc2CC(=O)O)-c2sccc2CCO3)c(C(=O)OC)n1. The van der Waals surface area contributed by atoms with E-state index >= 15 is 0 Å². The zero-order chi connectivity index (χ0) is 32.1. The largest absolute Gasteiger partial charge is 0.493 e. The summed E-state index contributed by atoms with van der Waals surface area (Å²) >= 11 is 1.52. The molecule has 2 aromatic carbocycles. The summed E-state index contributed by atoms with van der Waals surface area (Å²) in [6, 6.07) is 13.4. The maximum absolute atomic E-state index is 14.1. The van der Waals surface area contributed by atoms with Gasteiger partial charge in [-0.2, -0.15) is 0 Å². The van der Waals surface area contributed by atoms with E-state index in [1.54, 1.807) is 36.4 Å². The minimum atomic E-state index is -1.07. The minimum Gasteiger partial charge on any atom is -0.493 e. The molecule has 45 heavy (non-hydrogen) atoms. The van der Waals surface area contributed by atoms with E-state index in [-0.39, 0.29) is 35.5 Å². The first-order valence-electron chi connectivity index (χ1n) is 14.3. The van der Waals surface area contributed by atoms with Crippen LogP contribution in [-0.4, -0.2) is 54.1 Å². The molecule has 1 aliphatic rings. The maximum atomic E-state index is 14.1. The predicted octanol–water partition coefficient (Wildman–Crippen LogP) is 4.68. The number of fused-ring (bicyclic) bond motifs is 3. The van der Waals surface area contributed by atoms with Gasteiger partial charge in [0.25, 0.3) is 11.8 Å². The summed E-state index contributed by atoms with van der Waals surface area (Å²) in [7, 11) is 1.21. The number of thiophene rings is 1. The predicted molar refractivity (Wildman–Crippen MR) is 170 cm³/mol. The number of rotatable bonds is 10. The molecule has 2 amide bonds. The van der Waals surface area contributed by atoms with Crippen LogP contribution in [0.15, 0.2) is 53.9 Å². The maximum Gasteiger partial charge on any atom is 0.357 e. The zero-order valence-electron chi connectivity index (χ0n) is 24.8. The second-order valence-corrected chi connectivity index (χ2v) is 11.2. The summed E-state index contributed by atoms with van der Waals surface area (Å²) in [6.07, 6.45) is 1.06. The van der Waals surface area contributed by atoms with Crippen LogP contribution in [0.25, 0.3) is 21.6 Å². The van der Waals surface area contributed by atoms with Crippen LogP contribution in [0.3, 0.4) is 0 Å². The van der Waals surface area contributed by atoms with E-state index in [4.69, 9.17) is 15.2 Å². The van der Waals surface area contributed by atoms with E-state index < -0.39 is 23.8 Å². The van der Waals surface area contributed by atoms with Gasteiger partial charge in [-0.15, -0.1) is 11.3 Å². The van der Waals surface area contributed by atoms with Gasteiger partial charge in [-0.25, -0.2) is 9.78 Å². The molecule has 0 spiro atoms. The van der Waals surface area contributed by atoms with Crippen molar-refractivity contribution in [2.75, 3.05) is 25.6 Å². The van der Waals surface area contributed by atoms with Gasteiger partial charge in [0, 0.05) is 52.3 Å². The van der Waals surface area contributed by atoms with Crippen LogP contribution < -0.4 is 21.1 Å². The normalized spacial score (nSPS) is 11.8. The number of hydrogen-bond acceptors (Lipinski definition) is 9. The molecule has 232 valence electrons. The number of anilines is 1. The molecule has 11 nitrogen and oxygen atoms in total. The van der Waals surface area contributed by atoms with Crippen LogP contribution in [0.1, 0.15) is 61.4 Å². The Morgan fingerprint density at radius 2 is 1.87 bits per heavy atom. The third-order valence-corrected chi connectivity index (χ3v) is 8.30. The molecule has 0 saturated heterocycles. The first-order valence-corrected chi connectivity index (χ1v) is 15.2. The van der Waals surface area contributed by atoms with Gasteiger partial charge >= 0.3 is 11.9 Å². The Morgan fingerprint density at radius 1 is 1.04 bits per heavy atom. The van der Waals surface area contributed by atoms with Gasteiger partial charge < -0.3 is 30.9 Å². The number of benzene rings is 2. The highest BCUT2D eigenvalue weighted by atomic mass is 32.1. The van der Waals surface area contributed by atoms with Gasteiger partial charge in [0.15, 0.2) is 5.69 Å². The monoisotopic (exact) mass is 628 g/mol. The average molecular weight is 629 g/mol. The smallest absolute Gasteiger partial charge is 0.357 e. The lowest BCUT2D eigenvalue weighted by Gasteiger charge is -2.18. The fraction of sp³-hybridized carbons (Fsp3) is 0.242. The number of ether oxygens (including phenoxy) is 2. The van der Waals surface area contributed by atoms with Crippen LogP contribution in [0.2, 0.25) is 0 Å². The molecule has 0 saturated carbocycles. The summed E-state index contributed by atoms with van der Waals surface area (Å²) in [5, 5.41) is 17.1. The van der Waals surface area contributed by atoms with Crippen molar-refractivity contribution in [2.24, 2.45) is 5.73 Å². The van der Waals surface area contributed by atoms with Crippen LogP contribution in [-0.2, 0) is 28.9 Å². The molecule has 3 heterocycles. The number of carbonyl (C=O) groups is 4. The number of amides is 2. The second kappa shape index (κ2) is 13.7. The van der Waals surface area contributed by atoms with Crippen LogP contribution in [0.5, 0.6) is 5.75 Å². The highest BCUT2D eigenvalue weighted by Crippen LogP contribution is 2.43. The Morgan fingerprint density at radius 3 is 2.60 bits per heavy atom. The third kappa shape index (κ3) is 6.71. The quantitative estimate of drug-likeness (QED) is 0.182. The Kier molecular flexibility index (Phi) is 9.55. The standard InChI is InChI=1S/C33H32N4O7S/c1-3-10-35-32(41)26-7-5-21(29(36-26)33(42)43-2)22-16-27-24(30-19(8-11-44-27)9-12-45-30)15-23(22)31(40)37-25-6-4-18(17-34)13-20(25)14-28(38)39/h4-7,9,12-13,15-16H,3,8,10-11,14,17,34H2,1-2H3,(H,35,41)(H,37,40)(H,38,39). The fourth-order valence-electron chi connectivity index (χ4n) is 5.11. The molecular weight excluding hydrogens is 596 g/mol. The average Bonchev–Trinajstić information content (AvgIpc) is 3.44.